The Bertz CT molecular complexity index is 890. The van der Waals surface area contributed by atoms with Crippen LogP contribution in [0.15, 0.2) is 54.6 Å². The molecule has 0 radical (unpaired) electrons. The van der Waals surface area contributed by atoms with Crippen LogP contribution in [0.2, 0.25) is 0 Å². The number of hydroxylamine groups is 1. The average Bonchev–Trinajstić information content (AvgIpc) is 2.87. The quantitative estimate of drug-likeness (QED) is 0.237. The number of anilines is 1. The van der Waals surface area contributed by atoms with Gasteiger partial charge in [-0.2, -0.15) is 0 Å². The normalized spacial score (nSPS) is 20.0. The summed E-state index contributed by atoms with van der Waals surface area (Å²) in [5.74, 6) is -0.412. The standard InChI is InChI=1S/C26H34N2O6/c1-32-18-22-17-23(34-26(33-22)20-9-5-4-6-10-20)19-13-15-21(16-14-19)27-24(29)11-7-2-3-8-12-25(30)28-31/h4-6,9-10,13-16,22-23,26,31H,2-3,7-8,11-12,17-18H2,1H3,(H,27,29)(H,28,30). The maximum atomic E-state index is 12.2. The first kappa shape index (κ1) is 25.8. The lowest BCUT2D eigenvalue weighted by Gasteiger charge is -2.36. The molecule has 184 valence electrons. The number of benzene rings is 2. The molecule has 1 fully saturated rings. The van der Waals surface area contributed by atoms with Crippen LogP contribution in [0.4, 0.5) is 5.69 Å². The van der Waals surface area contributed by atoms with Crippen LogP contribution in [-0.2, 0) is 23.8 Å². The number of unbranched alkanes of at least 4 members (excludes halogenated alkanes) is 3. The Morgan fingerprint density at radius 2 is 1.59 bits per heavy atom. The largest absolute Gasteiger partial charge is 0.382 e. The van der Waals surface area contributed by atoms with Crippen LogP contribution in [0.5, 0.6) is 0 Å². The van der Waals surface area contributed by atoms with Crippen molar-refractivity contribution in [3.8, 4) is 0 Å². The van der Waals surface area contributed by atoms with Crippen molar-refractivity contribution in [1.82, 2.24) is 5.48 Å². The fourth-order valence-electron chi connectivity index (χ4n) is 3.97. The van der Waals surface area contributed by atoms with Crippen LogP contribution in [0.25, 0.3) is 0 Å². The SMILES string of the molecule is COCC1CC(c2ccc(NC(=O)CCCCCCC(=O)NO)cc2)OC(c2ccccc2)O1. The summed E-state index contributed by atoms with van der Waals surface area (Å²) in [6, 6.07) is 17.6. The lowest BCUT2D eigenvalue weighted by Crippen LogP contribution is -2.32. The first-order chi connectivity index (χ1) is 16.6. The second-order valence-corrected chi connectivity index (χ2v) is 8.44. The van der Waals surface area contributed by atoms with Crippen LogP contribution in [0.1, 0.15) is 68.5 Å². The van der Waals surface area contributed by atoms with Gasteiger partial charge in [-0.3, -0.25) is 14.8 Å². The molecule has 3 atom stereocenters. The molecule has 3 rings (SSSR count). The molecule has 34 heavy (non-hydrogen) atoms. The first-order valence-corrected chi connectivity index (χ1v) is 11.8. The minimum atomic E-state index is -0.461. The van der Waals surface area contributed by atoms with Crippen molar-refractivity contribution in [3.63, 3.8) is 0 Å². The molecule has 1 saturated heterocycles. The number of nitrogens with one attached hydrogen (secondary N) is 2. The molecule has 3 unspecified atom stereocenters. The van der Waals surface area contributed by atoms with E-state index in [9.17, 15) is 9.59 Å². The van der Waals surface area contributed by atoms with E-state index in [2.05, 4.69) is 5.32 Å². The van der Waals surface area contributed by atoms with Crippen LogP contribution in [0, 0.1) is 0 Å². The fourth-order valence-corrected chi connectivity index (χ4v) is 3.97. The van der Waals surface area contributed by atoms with E-state index in [4.69, 9.17) is 19.4 Å². The Balaban J connectivity index is 1.48. The van der Waals surface area contributed by atoms with Gasteiger partial charge in [0.1, 0.15) is 0 Å². The minimum absolute atomic E-state index is 0.0348. The van der Waals surface area contributed by atoms with E-state index in [1.54, 1.807) is 12.6 Å². The minimum Gasteiger partial charge on any atom is -0.382 e. The summed E-state index contributed by atoms with van der Waals surface area (Å²) in [6.45, 7) is 0.492. The second kappa shape index (κ2) is 13.8. The zero-order valence-electron chi connectivity index (χ0n) is 19.6. The first-order valence-electron chi connectivity index (χ1n) is 11.8. The maximum Gasteiger partial charge on any atom is 0.243 e. The third-order valence-corrected chi connectivity index (χ3v) is 5.75. The lowest BCUT2D eigenvalue weighted by molar-refractivity contribution is -0.257. The summed E-state index contributed by atoms with van der Waals surface area (Å²) >= 11 is 0. The van der Waals surface area contributed by atoms with Gasteiger partial charge < -0.3 is 19.5 Å². The van der Waals surface area contributed by atoms with Crippen LogP contribution in [-0.4, -0.2) is 36.8 Å². The molecule has 2 aromatic carbocycles. The van der Waals surface area contributed by atoms with Gasteiger partial charge in [0.2, 0.25) is 11.8 Å². The molecule has 2 aromatic rings. The van der Waals surface area contributed by atoms with Crippen LogP contribution in [0.3, 0.4) is 0 Å². The van der Waals surface area contributed by atoms with Crippen molar-refractivity contribution in [3.05, 3.63) is 65.7 Å². The number of hydrogen-bond donors (Lipinski definition) is 3. The summed E-state index contributed by atoms with van der Waals surface area (Å²) < 4.78 is 17.7. The highest BCUT2D eigenvalue weighted by molar-refractivity contribution is 5.90. The van der Waals surface area contributed by atoms with Gasteiger partial charge in [0, 0.05) is 37.6 Å². The smallest absolute Gasteiger partial charge is 0.243 e. The molecule has 1 aliphatic rings. The highest BCUT2D eigenvalue weighted by Crippen LogP contribution is 2.38. The second-order valence-electron chi connectivity index (χ2n) is 8.44. The molecular weight excluding hydrogens is 436 g/mol. The Morgan fingerprint density at radius 1 is 0.912 bits per heavy atom. The highest BCUT2D eigenvalue weighted by Gasteiger charge is 2.32. The molecule has 0 aromatic heterocycles. The van der Waals surface area contributed by atoms with E-state index >= 15 is 0 Å². The Kier molecular flexibility index (Phi) is 10.5. The van der Waals surface area contributed by atoms with Gasteiger partial charge in [-0.1, -0.05) is 55.3 Å². The van der Waals surface area contributed by atoms with Gasteiger partial charge in [-0.05, 0) is 30.5 Å². The molecule has 1 aliphatic heterocycles. The molecule has 0 aliphatic carbocycles. The molecule has 1 heterocycles. The van der Waals surface area contributed by atoms with Crippen molar-refractivity contribution in [2.24, 2.45) is 0 Å². The van der Waals surface area contributed by atoms with Gasteiger partial charge in [-0.15, -0.1) is 0 Å². The number of hydrogen-bond acceptors (Lipinski definition) is 6. The van der Waals surface area contributed by atoms with E-state index in [0.29, 0.717) is 32.3 Å². The van der Waals surface area contributed by atoms with Gasteiger partial charge in [0.05, 0.1) is 18.8 Å². The van der Waals surface area contributed by atoms with E-state index in [1.165, 1.54) is 0 Å². The molecule has 3 N–H and O–H groups in total. The molecule has 2 amide bonds. The number of carbonyl (C=O) groups is 2. The van der Waals surface area contributed by atoms with E-state index in [-0.39, 0.29) is 24.0 Å². The predicted octanol–water partition coefficient (Wildman–Crippen LogP) is 4.66. The fraction of sp³-hybridized carbons (Fsp3) is 0.462. The molecule has 0 bridgehead atoms. The Morgan fingerprint density at radius 3 is 2.24 bits per heavy atom. The van der Waals surface area contributed by atoms with Crippen molar-refractivity contribution in [2.75, 3.05) is 19.0 Å². The van der Waals surface area contributed by atoms with E-state index in [1.807, 2.05) is 54.6 Å². The van der Waals surface area contributed by atoms with Gasteiger partial charge in [0.15, 0.2) is 6.29 Å². The lowest BCUT2D eigenvalue weighted by atomic mass is 10.0. The van der Waals surface area contributed by atoms with Crippen molar-refractivity contribution >= 4 is 17.5 Å². The van der Waals surface area contributed by atoms with Crippen molar-refractivity contribution in [2.45, 2.75) is 63.4 Å². The number of methoxy groups -OCH3 is 1. The Hall–Kier alpha value is -2.78. The molecule has 8 nitrogen and oxygen atoms in total. The number of ether oxygens (including phenoxy) is 3. The van der Waals surface area contributed by atoms with Crippen LogP contribution < -0.4 is 10.8 Å². The number of amides is 2. The van der Waals surface area contributed by atoms with E-state index in [0.717, 1.165) is 36.1 Å². The topological polar surface area (TPSA) is 106 Å². The summed E-state index contributed by atoms with van der Waals surface area (Å²) in [6.07, 6.45) is 3.87. The third kappa shape index (κ3) is 8.22. The summed E-state index contributed by atoms with van der Waals surface area (Å²) in [7, 11) is 1.67. The van der Waals surface area contributed by atoms with Crippen molar-refractivity contribution < 1.29 is 29.0 Å². The van der Waals surface area contributed by atoms with E-state index < -0.39 is 6.29 Å². The summed E-state index contributed by atoms with van der Waals surface area (Å²) in [4.78, 5) is 23.2. The summed E-state index contributed by atoms with van der Waals surface area (Å²) in [5.41, 5.74) is 4.35. The third-order valence-electron chi connectivity index (χ3n) is 5.75. The average molecular weight is 471 g/mol. The number of carbonyl (C=O) groups excluding carboxylic acids is 2. The molecular formula is C26H34N2O6. The highest BCUT2D eigenvalue weighted by atomic mass is 16.7. The maximum absolute atomic E-state index is 12.2. The predicted molar refractivity (Wildman–Crippen MR) is 127 cm³/mol. The number of rotatable bonds is 12. The van der Waals surface area contributed by atoms with Gasteiger partial charge in [0.25, 0.3) is 0 Å². The molecule has 0 spiro atoms. The van der Waals surface area contributed by atoms with Gasteiger partial charge >= 0.3 is 0 Å². The van der Waals surface area contributed by atoms with Crippen molar-refractivity contribution in [1.29, 1.82) is 0 Å². The van der Waals surface area contributed by atoms with Crippen LogP contribution >= 0.6 is 0 Å². The molecule has 8 heteroatoms. The monoisotopic (exact) mass is 470 g/mol. The Labute approximate surface area is 200 Å². The molecule has 0 saturated carbocycles. The van der Waals surface area contributed by atoms with Gasteiger partial charge in [-0.25, -0.2) is 5.48 Å². The summed E-state index contributed by atoms with van der Waals surface area (Å²) in [5, 5.41) is 11.4. The zero-order chi connectivity index (χ0) is 24.2. The zero-order valence-corrected chi connectivity index (χ0v) is 19.6.